The molecule has 1 aromatic carbocycles. The first-order chi connectivity index (χ1) is 8.60. The molecule has 0 unspecified atom stereocenters. The third kappa shape index (κ3) is 2.41. The quantitative estimate of drug-likeness (QED) is 0.843. The molecule has 18 heavy (non-hydrogen) atoms. The number of hydrogen-bond acceptors (Lipinski definition) is 4. The summed E-state index contributed by atoms with van der Waals surface area (Å²) in [5, 5.41) is 11.9. The normalized spacial score (nSPS) is 9.83. The van der Waals surface area contributed by atoms with Gasteiger partial charge in [-0.05, 0) is 31.5 Å². The molecule has 0 aliphatic rings. The first kappa shape index (κ1) is 11.9. The number of aromatic nitrogens is 1. The molecular formula is C14H14N4. The van der Waals surface area contributed by atoms with Gasteiger partial charge in [-0.1, -0.05) is 17.7 Å². The van der Waals surface area contributed by atoms with Crippen LogP contribution in [-0.2, 0) is 0 Å². The number of nitrogen functional groups attached to an aromatic ring is 1. The van der Waals surface area contributed by atoms with Crippen LogP contribution in [0.15, 0.2) is 30.5 Å². The summed E-state index contributed by atoms with van der Waals surface area (Å²) >= 11 is 0. The Labute approximate surface area is 106 Å². The minimum Gasteiger partial charge on any atom is -0.396 e. The number of rotatable bonds is 2. The third-order valence-electron chi connectivity index (χ3n) is 2.68. The summed E-state index contributed by atoms with van der Waals surface area (Å²) in [5.41, 5.74) is 10.1. The van der Waals surface area contributed by atoms with Gasteiger partial charge in [0.25, 0.3) is 0 Å². The molecule has 4 nitrogen and oxygen atoms in total. The molecule has 1 aromatic heterocycles. The second-order valence-electron chi connectivity index (χ2n) is 4.22. The fraction of sp³-hybridized carbons (Fsp3) is 0.143. The number of anilines is 3. The number of hydrogen-bond donors (Lipinski definition) is 2. The summed E-state index contributed by atoms with van der Waals surface area (Å²) in [6.07, 6.45) is 1.50. The Morgan fingerprint density at radius 1 is 1.28 bits per heavy atom. The van der Waals surface area contributed by atoms with E-state index in [1.54, 1.807) is 6.07 Å². The molecule has 0 bridgehead atoms. The van der Waals surface area contributed by atoms with E-state index >= 15 is 0 Å². The van der Waals surface area contributed by atoms with Gasteiger partial charge in [0.1, 0.15) is 6.07 Å². The zero-order valence-corrected chi connectivity index (χ0v) is 10.4. The van der Waals surface area contributed by atoms with Gasteiger partial charge < -0.3 is 11.1 Å². The standard InChI is InChI=1S/C14H14N4/c1-9-3-4-13(10(2)5-9)18-14-12(16)6-11(7-15)8-17-14/h3-6,8H,16H2,1-2H3,(H,17,18). The summed E-state index contributed by atoms with van der Waals surface area (Å²) < 4.78 is 0. The van der Waals surface area contributed by atoms with E-state index in [2.05, 4.69) is 16.4 Å². The minimum absolute atomic E-state index is 0.457. The Kier molecular flexibility index (Phi) is 3.16. The molecule has 0 saturated carbocycles. The van der Waals surface area contributed by atoms with E-state index in [0.717, 1.165) is 11.3 Å². The van der Waals surface area contributed by atoms with E-state index in [-0.39, 0.29) is 0 Å². The van der Waals surface area contributed by atoms with Crippen molar-refractivity contribution in [2.24, 2.45) is 0 Å². The number of nitrogens with one attached hydrogen (secondary N) is 1. The Balaban J connectivity index is 2.32. The van der Waals surface area contributed by atoms with Gasteiger partial charge in [0.05, 0.1) is 11.3 Å². The summed E-state index contributed by atoms with van der Waals surface area (Å²) in [7, 11) is 0. The molecule has 3 N–H and O–H groups in total. The maximum absolute atomic E-state index is 8.75. The largest absolute Gasteiger partial charge is 0.396 e. The van der Waals surface area contributed by atoms with Gasteiger partial charge in [-0.15, -0.1) is 0 Å². The maximum atomic E-state index is 8.75. The average molecular weight is 238 g/mol. The lowest BCUT2D eigenvalue weighted by Crippen LogP contribution is -2.01. The first-order valence-corrected chi connectivity index (χ1v) is 5.60. The van der Waals surface area contributed by atoms with Gasteiger partial charge in [0.15, 0.2) is 5.82 Å². The molecule has 4 heteroatoms. The van der Waals surface area contributed by atoms with Gasteiger partial charge in [0, 0.05) is 11.9 Å². The minimum atomic E-state index is 0.457. The molecular weight excluding hydrogens is 224 g/mol. The Morgan fingerprint density at radius 2 is 2.06 bits per heavy atom. The average Bonchev–Trinajstić information content (AvgIpc) is 2.34. The van der Waals surface area contributed by atoms with E-state index < -0.39 is 0 Å². The highest BCUT2D eigenvalue weighted by atomic mass is 15.0. The van der Waals surface area contributed by atoms with E-state index in [1.807, 2.05) is 32.0 Å². The van der Waals surface area contributed by atoms with Crippen molar-refractivity contribution in [2.45, 2.75) is 13.8 Å². The fourth-order valence-corrected chi connectivity index (χ4v) is 1.73. The highest BCUT2D eigenvalue weighted by molar-refractivity contribution is 5.71. The molecule has 1 heterocycles. The van der Waals surface area contributed by atoms with Crippen LogP contribution in [0.3, 0.4) is 0 Å². The summed E-state index contributed by atoms with van der Waals surface area (Å²) in [6.45, 7) is 4.07. The van der Waals surface area contributed by atoms with Crippen LogP contribution in [0.25, 0.3) is 0 Å². The lowest BCUT2D eigenvalue weighted by molar-refractivity contribution is 1.28. The van der Waals surface area contributed by atoms with E-state index in [0.29, 0.717) is 17.1 Å². The second-order valence-corrected chi connectivity index (χ2v) is 4.22. The van der Waals surface area contributed by atoms with Crippen molar-refractivity contribution in [3.05, 3.63) is 47.2 Å². The van der Waals surface area contributed by atoms with Gasteiger partial charge in [-0.25, -0.2) is 4.98 Å². The Morgan fingerprint density at radius 3 is 2.67 bits per heavy atom. The third-order valence-corrected chi connectivity index (χ3v) is 2.68. The zero-order chi connectivity index (χ0) is 13.1. The molecule has 0 atom stereocenters. The van der Waals surface area contributed by atoms with Crippen molar-refractivity contribution in [3.8, 4) is 6.07 Å². The highest BCUT2D eigenvalue weighted by Crippen LogP contribution is 2.24. The molecule has 2 aromatic rings. The van der Waals surface area contributed by atoms with Gasteiger partial charge in [0.2, 0.25) is 0 Å². The van der Waals surface area contributed by atoms with Crippen LogP contribution in [0.4, 0.5) is 17.2 Å². The monoisotopic (exact) mass is 238 g/mol. The number of pyridine rings is 1. The number of aryl methyl sites for hydroxylation is 2. The van der Waals surface area contributed by atoms with Gasteiger partial charge >= 0.3 is 0 Å². The molecule has 0 amide bonds. The summed E-state index contributed by atoms with van der Waals surface area (Å²) in [4.78, 5) is 4.15. The van der Waals surface area contributed by atoms with Crippen molar-refractivity contribution in [3.63, 3.8) is 0 Å². The molecule has 0 aliphatic heterocycles. The van der Waals surface area contributed by atoms with Crippen LogP contribution in [-0.4, -0.2) is 4.98 Å². The fourth-order valence-electron chi connectivity index (χ4n) is 1.73. The SMILES string of the molecule is Cc1ccc(Nc2ncc(C#N)cc2N)c(C)c1. The zero-order valence-electron chi connectivity index (χ0n) is 10.4. The van der Waals surface area contributed by atoms with Crippen molar-refractivity contribution >= 4 is 17.2 Å². The van der Waals surface area contributed by atoms with E-state index in [1.165, 1.54) is 11.8 Å². The lowest BCUT2D eigenvalue weighted by Gasteiger charge is -2.11. The topological polar surface area (TPSA) is 74.7 Å². The van der Waals surface area contributed by atoms with Crippen molar-refractivity contribution in [1.82, 2.24) is 4.98 Å². The van der Waals surface area contributed by atoms with Crippen LogP contribution < -0.4 is 11.1 Å². The molecule has 0 radical (unpaired) electrons. The Bertz CT molecular complexity index is 626. The predicted octanol–water partition coefficient (Wildman–Crippen LogP) is 2.90. The Hall–Kier alpha value is -2.54. The van der Waals surface area contributed by atoms with E-state index in [9.17, 15) is 0 Å². The molecule has 0 saturated heterocycles. The van der Waals surface area contributed by atoms with Crippen molar-refractivity contribution < 1.29 is 0 Å². The molecule has 0 aliphatic carbocycles. The van der Waals surface area contributed by atoms with Gasteiger partial charge in [-0.3, -0.25) is 0 Å². The summed E-state index contributed by atoms with van der Waals surface area (Å²) in [6, 6.07) is 9.72. The highest BCUT2D eigenvalue weighted by Gasteiger charge is 2.05. The number of nitrogens with zero attached hydrogens (tertiary/aromatic N) is 2. The molecule has 0 fully saturated rings. The second kappa shape index (κ2) is 4.76. The van der Waals surface area contributed by atoms with Gasteiger partial charge in [-0.2, -0.15) is 5.26 Å². The van der Waals surface area contributed by atoms with Crippen LogP contribution >= 0.6 is 0 Å². The number of nitrogens with two attached hydrogens (primary N) is 1. The predicted molar refractivity (Wildman–Crippen MR) is 72.6 cm³/mol. The van der Waals surface area contributed by atoms with Crippen LogP contribution in [0.5, 0.6) is 0 Å². The molecule has 90 valence electrons. The maximum Gasteiger partial charge on any atom is 0.153 e. The smallest absolute Gasteiger partial charge is 0.153 e. The first-order valence-electron chi connectivity index (χ1n) is 5.60. The van der Waals surface area contributed by atoms with Crippen molar-refractivity contribution in [1.29, 1.82) is 5.26 Å². The molecule has 2 rings (SSSR count). The van der Waals surface area contributed by atoms with Crippen LogP contribution in [0, 0.1) is 25.2 Å². The lowest BCUT2D eigenvalue weighted by atomic mass is 10.1. The number of nitriles is 1. The molecule has 0 spiro atoms. The van der Waals surface area contributed by atoms with Crippen molar-refractivity contribution in [2.75, 3.05) is 11.1 Å². The van der Waals surface area contributed by atoms with Crippen LogP contribution in [0.2, 0.25) is 0 Å². The number of benzene rings is 1. The van der Waals surface area contributed by atoms with Crippen LogP contribution in [0.1, 0.15) is 16.7 Å². The van der Waals surface area contributed by atoms with E-state index in [4.69, 9.17) is 11.0 Å². The summed E-state index contributed by atoms with van der Waals surface area (Å²) in [5.74, 6) is 0.570.